The summed E-state index contributed by atoms with van der Waals surface area (Å²) in [6, 6.07) is 28.6. The first-order valence-corrected chi connectivity index (χ1v) is 9.52. The Labute approximate surface area is 167 Å². The third-order valence-corrected chi connectivity index (χ3v) is 5.32. The highest BCUT2D eigenvalue weighted by Gasteiger charge is 2.17. The van der Waals surface area contributed by atoms with Gasteiger partial charge in [-0.3, -0.25) is 4.98 Å². The van der Waals surface area contributed by atoms with E-state index >= 15 is 0 Å². The molecule has 0 amide bonds. The van der Waals surface area contributed by atoms with Gasteiger partial charge in [0.2, 0.25) is 0 Å². The normalized spacial score (nSPS) is 11.4. The van der Waals surface area contributed by atoms with Gasteiger partial charge in [0.25, 0.3) is 0 Å². The van der Waals surface area contributed by atoms with Crippen molar-refractivity contribution in [3.8, 4) is 22.5 Å². The van der Waals surface area contributed by atoms with Crippen molar-refractivity contribution < 1.29 is 4.42 Å². The summed E-state index contributed by atoms with van der Waals surface area (Å²) in [6.07, 6.45) is 4.94. The smallest absolute Gasteiger partial charge is 0.180 e. The molecule has 0 atom stereocenters. The summed E-state index contributed by atoms with van der Waals surface area (Å²) in [6.45, 7) is 0. The zero-order chi connectivity index (χ0) is 19.2. The van der Waals surface area contributed by atoms with Gasteiger partial charge in [0.15, 0.2) is 6.26 Å². The highest BCUT2D eigenvalue weighted by Crippen LogP contribution is 2.38. The maximum Gasteiger partial charge on any atom is 0.180 e. The molecular formula is C26H15N2O. The standard InChI is InChI=1S/C26H15N2O/c1-3-8-19-17(6-1)14-15-27-26(19)21-16-29-24-11-5-9-20(25(21)24)23-13-12-18-7-2-4-10-22(18)28-23/h1-15H. The molecule has 3 aromatic carbocycles. The third-order valence-electron chi connectivity index (χ3n) is 5.32. The fourth-order valence-corrected chi connectivity index (χ4v) is 3.95. The van der Waals surface area contributed by atoms with Gasteiger partial charge in [-0.2, -0.15) is 0 Å². The van der Waals surface area contributed by atoms with E-state index in [4.69, 9.17) is 9.40 Å². The van der Waals surface area contributed by atoms with Gasteiger partial charge in [-0.1, -0.05) is 60.7 Å². The second kappa shape index (κ2) is 6.28. The molecule has 6 rings (SSSR count). The van der Waals surface area contributed by atoms with Crippen molar-refractivity contribution >= 4 is 32.6 Å². The lowest BCUT2D eigenvalue weighted by atomic mass is 9.98. The second-order valence-corrected chi connectivity index (χ2v) is 7.03. The molecule has 0 aliphatic rings. The van der Waals surface area contributed by atoms with Crippen molar-refractivity contribution in [2.45, 2.75) is 0 Å². The molecule has 0 aliphatic heterocycles. The Morgan fingerprint density at radius 3 is 2.55 bits per heavy atom. The van der Waals surface area contributed by atoms with E-state index in [0.717, 1.165) is 55.2 Å². The van der Waals surface area contributed by atoms with Crippen LogP contribution in [0.3, 0.4) is 0 Å². The fraction of sp³-hybridized carbons (Fsp3) is 0. The van der Waals surface area contributed by atoms with Crippen LogP contribution < -0.4 is 0 Å². The Morgan fingerprint density at radius 1 is 0.724 bits per heavy atom. The molecule has 3 nitrogen and oxygen atoms in total. The molecule has 0 N–H and O–H groups in total. The van der Waals surface area contributed by atoms with Gasteiger partial charge in [-0.15, -0.1) is 0 Å². The van der Waals surface area contributed by atoms with Crippen LogP contribution in [0, 0.1) is 6.26 Å². The summed E-state index contributed by atoms with van der Waals surface area (Å²) in [5.74, 6) is 0. The van der Waals surface area contributed by atoms with E-state index in [1.54, 1.807) is 0 Å². The first-order chi connectivity index (χ1) is 14.4. The van der Waals surface area contributed by atoms with Gasteiger partial charge >= 0.3 is 0 Å². The van der Waals surface area contributed by atoms with Gasteiger partial charge < -0.3 is 4.42 Å². The predicted octanol–water partition coefficient (Wildman–Crippen LogP) is 6.66. The largest absolute Gasteiger partial charge is 0.452 e. The lowest BCUT2D eigenvalue weighted by Gasteiger charge is -2.08. The molecule has 3 aromatic heterocycles. The van der Waals surface area contributed by atoms with Crippen molar-refractivity contribution in [1.29, 1.82) is 0 Å². The molecule has 0 saturated carbocycles. The molecule has 0 unspecified atom stereocenters. The molecule has 0 aliphatic carbocycles. The van der Waals surface area contributed by atoms with Gasteiger partial charge in [0, 0.05) is 27.9 Å². The number of nitrogens with zero attached hydrogens (tertiary/aromatic N) is 2. The first kappa shape index (κ1) is 16.0. The van der Waals surface area contributed by atoms with E-state index in [9.17, 15) is 0 Å². The fourth-order valence-electron chi connectivity index (χ4n) is 3.95. The average Bonchev–Trinajstić information content (AvgIpc) is 3.22. The van der Waals surface area contributed by atoms with Crippen LogP contribution in [-0.4, -0.2) is 9.97 Å². The zero-order valence-corrected chi connectivity index (χ0v) is 15.5. The number of benzene rings is 3. The van der Waals surface area contributed by atoms with Crippen LogP contribution >= 0.6 is 0 Å². The van der Waals surface area contributed by atoms with Gasteiger partial charge in [0.05, 0.1) is 22.5 Å². The Bertz CT molecular complexity index is 1510. The molecule has 29 heavy (non-hydrogen) atoms. The number of para-hydroxylation sites is 1. The SMILES string of the molecule is [c]1oc2cccc(-c3ccc4ccccc4n3)c2c1-c1nccc2ccccc12. The summed E-state index contributed by atoms with van der Waals surface area (Å²) in [7, 11) is 0. The van der Waals surface area contributed by atoms with E-state index in [2.05, 4.69) is 47.6 Å². The van der Waals surface area contributed by atoms with Crippen molar-refractivity contribution in [3.63, 3.8) is 0 Å². The molecule has 3 heterocycles. The topological polar surface area (TPSA) is 38.9 Å². The number of hydrogen-bond donors (Lipinski definition) is 0. The molecule has 0 saturated heterocycles. The lowest BCUT2D eigenvalue weighted by molar-refractivity contribution is 0.607. The molecule has 0 spiro atoms. The van der Waals surface area contributed by atoms with Crippen molar-refractivity contribution in [3.05, 3.63) is 97.4 Å². The summed E-state index contributed by atoms with van der Waals surface area (Å²) in [5.41, 5.74) is 5.41. The molecule has 3 heteroatoms. The van der Waals surface area contributed by atoms with E-state index in [1.807, 2.05) is 54.7 Å². The van der Waals surface area contributed by atoms with Crippen LogP contribution in [0.4, 0.5) is 0 Å². The van der Waals surface area contributed by atoms with Gasteiger partial charge in [-0.05, 0) is 29.7 Å². The molecule has 1 radical (unpaired) electrons. The summed E-state index contributed by atoms with van der Waals surface area (Å²) in [4.78, 5) is 9.57. The quantitative estimate of drug-likeness (QED) is 0.341. The number of furan rings is 1. The minimum absolute atomic E-state index is 0.780. The number of pyridine rings is 2. The summed E-state index contributed by atoms with van der Waals surface area (Å²) < 4.78 is 5.81. The molecular weight excluding hydrogens is 356 g/mol. The van der Waals surface area contributed by atoms with Crippen molar-refractivity contribution in [1.82, 2.24) is 9.97 Å². The number of aromatic nitrogens is 2. The van der Waals surface area contributed by atoms with Gasteiger partial charge in [-0.25, -0.2) is 4.98 Å². The molecule has 6 aromatic rings. The van der Waals surface area contributed by atoms with Gasteiger partial charge in [0.1, 0.15) is 5.58 Å². The molecule has 0 bridgehead atoms. The molecule has 135 valence electrons. The monoisotopic (exact) mass is 371 g/mol. The van der Waals surface area contributed by atoms with E-state index in [-0.39, 0.29) is 0 Å². The van der Waals surface area contributed by atoms with Crippen LogP contribution in [0.2, 0.25) is 0 Å². The van der Waals surface area contributed by atoms with E-state index in [0.29, 0.717) is 0 Å². The zero-order valence-electron chi connectivity index (χ0n) is 15.5. The molecule has 0 fully saturated rings. The van der Waals surface area contributed by atoms with E-state index < -0.39 is 0 Å². The van der Waals surface area contributed by atoms with Crippen LogP contribution in [0.25, 0.3) is 55.2 Å². The Balaban J connectivity index is 1.65. The average molecular weight is 371 g/mol. The predicted molar refractivity (Wildman–Crippen MR) is 117 cm³/mol. The lowest BCUT2D eigenvalue weighted by Crippen LogP contribution is -1.89. The summed E-state index contributed by atoms with van der Waals surface area (Å²) >= 11 is 0. The number of hydrogen-bond acceptors (Lipinski definition) is 3. The maximum absolute atomic E-state index is 5.81. The Morgan fingerprint density at radius 2 is 1.59 bits per heavy atom. The van der Waals surface area contributed by atoms with Crippen LogP contribution in [0.1, 0.15) is 0 Å². The summed E-state index contributed by atoms with van der Waals surface area (Å²) in [5, 5.41) is 4.33. The minimum Gasteiger partial charge on any atom is -0.452 e. The first-order valence-electron chi connectivity index (χ1n) is 9.52. The van der Waals surface area contributed by atoms with Crippen molar-refractivity contribution in [2.75, 3.05) is 0 Å². The highest BCUT2D eigenvalue weighted by molar-refractivity contribution is 6.08. The van der Waals surface area contributed by atoms with Crippen LogP contribution in [0.5, 0.6) is 0 Å². The minimum atomic E-state index is 0.780. The Hall–Kier alpha value is -3.98. The Kier molecular flexibility index (Phi) is 3.47. The highest BCUT2D eigenvalue weighted by atomic mass is 16.3. The van der Waals surface area contributed by atoms with Crippen molar-refractivity contribution in [2.24, 2.45) is 0 Å². The maximum atomic E-state index is 5.81. The second-order valence-electron chi connectivity index (χ2n) is 7.03. The van der Waals surface area contributed by atoms with Crippen LogP contribution in [0.15, 0.2) is 95.5 Å². The van der Waals surface area contributed by atoms with E-state index in [1.165, 1.54) is 0 Å². The van der Waals surface area contributed by atoms with Crippen LogP contribution in [-0.2, 0) is 0 Å². The number of fused-ring (bicyclic) bond motifs is 3. The third kappa shape index (κ3) is 2.52. The number of rotatable bonds is 2.